The molecule has 2 aliphatic rings. The number of carboxylic acids is 1. The summed E-state index contributed by atoms with van der Waals surface area (Å²) in [5.41, 5.74) is -1.20. The fourth-order valence-electron chi connectivity index (χ4n) is 5.27. The van der Waals surface area contributed by atoms with Gasteiger partial charge < -0.3 is 10.0 Å². The zero-order chi connectivity index (χ0) is 28.7. The normalized spacial score (nSPS) is 20.1. The minimum atomic E-state index is -4.69. The lowest BCUT2D eigenvalue weighted by Crippen LogP contribution is -2.46. The molecule has 1 atom stereocenters. The number of carbonyl (C=O) groups is 1. The number of aromatic nitrogens is 2. The Morgan fingerprint density at radius 2 is 1.80 bits per heavy atom. The summed E-state index contributed by atoms with van der Waals surface area (Å²) in [6.45, 7) is 2.31. The van der Waals surface area contributed by atoms with E-state index in [4.69, 9.17) is 0 Å². The number of nitrogens with zero attached hydrogens (tertiary/aromatic N) is 3. The molecule has 0 spiro atoms. The third-order valence-electron chi connectivity index (χ3n) is 7.72. The van der Waals surface area contributed by atoms with Gasteiger partial charge in [-0.25, -0.2) is 9.97 Å². The van der Waals surface area contributed by atoms with Gasteiger partial charge in [0.05, 0.1) is 16.7 Å². The van der Waals surface area contributed by atoms with Gasteiger partial charge in [0.25, 0.3) is 10.0 Å². The number of benzene rings is 1. The van der Waals surface area contributed by atoms with E-state index in [1.807, 2.05) is 0 Å². The number of carboxylic acid groups (broad SMARTS) is 1. The van der Waals surface area contributed by atoms with Gasteiger partial charge in [0.15, 0.2) is 5.03 Å². The quantitative estimate of drug-likeness (QED) is 0.360. The first-order valence-corrected chi connectivity index (χ1v) is 14.5. The average molecular weight is 575 g/mol. The molecule has 0 bridgehead atoms. The van der Waals surface area contributed by atoms with Crippen LogP contribution in [-0.2, 0) is 21.0 Å². The Morgan fingerprint density at radius 1 is 1.05 bits per heavy atom. The molecule has 1 aliphatic heterocycles. The summed E-state index contributed by atoms with van der Waals surface area (Å²) in [7, 11) is -4.33. The molecular formula is C28H29F3N4O4S. The van der Waals surface area contributed by atoms with E-state index >= 15 is 0 Å². The SMILES string of the molecule is CC1(C(=O)O)CCCN(c2cccc(S(=O)(=O)Nc3ccc(C(F)(F)F)c(-c4ccccc4C4CCC4)n3)n2)C1. The zero-order valence-electron chi connectivity index (χ0n) is 21.8. The number of aliphatic carboxylic acids is 1. The lowest BCUT2D eigenvalue weighted by atomic mass is 9.77. The molecule has 2 aromatic heterocycles. The van der Waals surface area contributed by atoms with E-state index < -0.39 is 33.1 Å². The zero-order valence-corrected chi connectivity index (χ0v) is 22.6. The van der Waals surface area contributed by atoms with Crippen molar-refractivity contribution in [3.8, 4) is 11.3 Å². The molecule has 1 aliphatic carbocycles. The van der Waals surface area contributed by atoms with E-state index in [2.05, 4.69) is 14.7 Å². The van der Waals surface area contributed by atoms with Crippen molar-refractivity contribution in [3.05, 3.63) is 65.7 Å². The maximum atomic E-state index is 14.0. The van der Waals surface area contributed by atoms with Gasteiger partial charge in [-0.15, -0.1) is 0 Å². The topological polar surface area (TPSA) is 112 Å². The van der Waals surface area contributed by atoms with Crippen molar-refractivity contribution < 1.29 is 31.5 Å². The Bertz CT molecular complexity index is 1540. The van der Waals surface area contributed by atoms with Crippen molar-refractivity contribution in [3.63, 3.8) is 0 Å². The summed E-state index contributed by atoms with van der Waals surface area (Å²) in [5, 5.41) is 9.26. The van der Waals surface area contributed by atoms with Gasteiger partial charge in [-0.1, -0.05) is 36.8 Å². The van der Waals surface area contributed by atoms with E-state index in [-0.39, 0.29) is 29.0 Å². The molecule has 12 heteroatoms. The first kappa shape index (κ1) is 27.9. The Balaban J connectivity index is 1.47. The number of rotatable bonds is 7. The standard InChI is InChI=1S/C28H29F3N4O4S/c1-27(26(36)37)15-6-16-35(17-27)23-11-5-12-24(33-23)40(38,39)34-22-14-13-21(28(29,30)31)25(32-22)20-10-3-2-9-19(20)18-7-4-8-18/h2-3,5,9-14,18H,4,6-8,15-17H2,1H3,(H,32,34)(H,36,37). The highest BCUT2D eigenvalue weighted by Crippen LogP contribution is 2.44. The Morgan fingerprint density at radius 3 is 2.48 bits per heavy atom. The molecule has 5 rings (SSSR count). The smallest absolute Gasteiger partial charge is 0.418 e. The molecule has 1 saturated carbocycles. The van der Waals surface area contributed by atoms with Gasteiger partial charge in [0.1, 0.15) is 11.6 Å². The average Bonchev–Trinajstić information content (AvgIpc) is 2.87. The van der Waals surface area contributed by atoms with Gasteiger partial charge >= 0.3 is 12.1 Å². The van der Waals surface area contributed by atoms with Crippen LogP contribution in [0, 0.1) is 5.41 Å². The van der Waals surface area contributed by atoms with Crippen LogP contribution in [0.15, 0.2) is 59.6 Å². The van der Waals surface area contributed by atoms with Crippen LogP contribution in [0.5, 0.6) is 0 Å². The summed E-state index contributed by atoms with van der Waals surface area (Å²) >= 11 is 0. The fraction of sp³-hybridized carbons (Fsp3) is 0.393. The second-order valence-electron chi connectivity index (χ2n) is 10.6. The van der Waals surface area contributed by atoms with E-state index in [1.54, 1.807) is 42.2 Å². The first-order chi connectivity index (χ1) is 18.9. The highest BCUT2D eigenvalue weighted by molar-refractivity contribution is 7.92. The first-order valence-electron chi connectivity index (χ1n) is 13.0. The maximum absolute atomic E-state index is 14.0. The van der Waals surface area contributed by atoms with Crippen LogP contribution >= 0.6 is 0 Å². The predicted molar refractivity (Wildman–Crippen MR) is 144 cm³/mol. The minimum Gasteiger partial charge on any atom is -0.481 e. The summed E-state index contributed by atoms with van der Waals surface area (Å²) in [6, 6.07) is 13.0. The van der Waals surface area contributed by atoms with Crippen LogP contribution in [0.1, 0.15) is 56.1 Å². The second kappa shape index (κ2) is 10.4. The van der Waals surface area contributed by atoms with Crippen molar-refractivity contribution in [1.29, 1.82) is 0 Å². The number of nitrogens with one attached hydrogen (secondary N) is 1. The molecule has 0 amide bonds. The number of hydrogen-bond donors (Lipinski definition) is 2. The van der Waals surface area contributed by atoms with Crippen LogP contribution in [0.3, 0.4) is 0 Å². The third-order valence-corrected chi connectivity index (χ3v) is 8.98. The highest BCUT2D eigenvalue weighted by atomic mass is 32.2. The van der Waals surface area contributed by atoms with E-state index in [0.717, 1.165) is 37.0 Å². The van der Waals surface area contributed by atoms with Crippen LogP contribution in [0.25, 0.3) is 11.3 Å². The predicted octanol–water partition coefficient (Wildman–Crippen LogP) is 5.92. The maximum Gasteiger partial charge on any atom is 0.418 e. The monoisotopic (exact) mass is 574 g/mol. The third kappa shape index (κ3) is 5.49. The summed E-state index contributed by atoms with van der Waals surface area (Å²) in [5.74, 6) is -0.782. The van der Waals surface area contributed by atoms with Crippen molar-refractivity contribution in [1.82, 2.24) is 9.97 Å². The van der Waals surface area contributed by atoms with Crippen molar-refractivity contribution in [2.24, 2.45) is 5.41 Å². The van der Waals surface area contributed by atoms with E-state index in [1.165, 1.54) is 12.1 Å². The lowest BCUT2D eigenvalue weighted by molar-refractivity contribution is -0.148. The van der Waals surface area contributed by atoms with E-state index in [9.17, 15) is 31.5 Å². The van der Waals surface area contributed by atoms with Crippen LogP contribution in [-0.4, -0.2) is 42.6 Å². The number of sulfonamides is 1. The number of anilines is 2. The van der Waals surface area contributed by atoms with Gasteiger partial charge in [0.2, 0.25) is 0 Å². The molecule has 40 heavy (non-hydrogen) atoms. The fourth-order valence-corrected chi connectivity index (χ4v) is 6.23. The van der Waals surface area contributed by atoms with Gasteiger partial charge in [0, 0.05) is 18.7 Å². The second-order valence-corrected chi connectivity index (χ2v) is 12.3. The van der Waals surface area contributed by atoms with Crippen LogP contribution < -0.4 is 9.62 Å². The summed E-state index contributed by atoms with van der Waals surface area (Å²) < 4.78 is 70.8. The van der Waals surface area contributed by atoms with Gasteiger partial charge in [-0.2, -0.15) is 21.6 Å². The molecule has 1 saturated heterocycles. The molecule has 1 aromatic carbocycles. The van der Waals surface area contributed by atoms with Crippen LogP contribution in [0.4, 0.5) is 24.8 Å². The molecule has 2 N–H and O–H groups in total. The number of halogens is 3. The van der Waals surface area contributed by atoms with E-state index in [0.29, 0.717) is 30.8 Å². The lowest BCUT2D eigenvalue weighted by Gasteiger charge is -2.38. The largest absolute Gasteiger partial charge is 0.481 e. The Hall–Kier alpha value is -3.67. The van der Waals surface area contributed by atoms with Crippen molar-refractivity contribution in [2.45, 2.75) is 56.1 Å². The minimum absolute atomic E-state index is 0.129. The molecule has 3 heterocycles. The molecular weight excluding hydrogens is 545 g/mol. The van der Waals surface area contributed by atoms with Crippen molar-refractivity contribution >= 4 is 27.6 Å². The van der Waals surface area contributed by atoms with Gasteiger partial charge in [-0.3, -0.25) is 9.52 Å². The number of alkyl halides is 3. The molecule has 212 valence electrons. The number of pyridine rings is 2. The van der Waals surface area contributed by atoms with Crippen LogP contribution in [0.2, 0.25) is 0 Å². The summed E-state index contributed by atoms with van der Waals surface area (Å²) in [6.07, 6.45) is -0.867. The summed E-state index contributed by atoms with van der Waals surface area (Å²) in [4.78, 5) is 21.9. The number of piperidine rings is 1. The highest BCUT2D eigenvalue weighted by Gasteiger charge is 2.39. The Labute approximate surface area is 230 Å². The molecule has 0 radical (unpaired) electrons. The molecule has 2 fully saturated rings. The molecule has 1 unspecified atom stereocenters. The molecule has 8 nitrogen and oxygen atoms in total. The Kier molecular flexibility index (Phi) is 7.24. The van der Waals surface area contributed by atoms with Crippen molar-refractivity contribution in [2.75, 3.05) is 22.7 Å². The number of hydrogen-bond acceptors (Lipinski definition) is 6. The van der Waals surface area contributed by atoms with Gasteiger partial charge in [-0.05, 0) is 68.4 Å². The molecule has 3 aromatic rings.